The summed E-state index contributed by atoms with van der Waals surface area (Å²) in [7, 11) is 0. The topological polar surface area (TPSA) is 72.6 Å². The number of carbonyl (C=O) groups excluding carboxylic acids is 2. The zero-order valence-corrected chi connectivity index (χ0v) is 11.4. The molecule has 1 atom stereocenters. The normalized spacial score (nSPS) is 19.4. The fourth-order valence-corrected chi connectivity index (χ4v) is 2.46. The lowest BCUT2D eigenvalue weighted by molar-refractivity contribution is -0.150. The summed E-state index contributed by atoms with van der Waals surface area (Å²) in [4.78, 5) is 25.1. The number of amides is 1. The van der Waals surface area contributed by atoms with Gasteiger partial charge in [-0.2, -0.15) is 0 Å². The van der Waals surface area contributed by atoms with E-state index in [1.54, 1.807) is 0 Å². The van der Waals surface area contributed by atoms with Gasteiger partial charge in [0.25, 0.3) is 0 Å². The number of ether oxygens (including phenoxy) is 1. The van der Waals surface area contributed by atoms with E-state index in [0.29, 0.717) is 6.61 Å². The molecule has 1 rings (SSSR count). The van der Waals surface area contributed by atoms with E-state index in [1.807, 2.05) is 6.92 Å². The Bertz CT molecular complexity index is 286. The van der Waals surface area contributed by atoms with Gasteiger partial charge in [-0.3, -0.25) is 14.5 Å². The first kappa shape index (κ1) is 15.0. The largest absolute Gasteiger partial charge is 0.465 e. The second-order valence-corrected chi connectivity index (χ2v) is 4.77. The molecule has 0 saturated carbocycles. The van der Waals surface area contributed by atoms with E-state index in [1.165, 1.54) is 0 Å². The molecule has 1 aliphatic rings. The van der Waals surface area contributed by atoms with Gasteiger partial charge < -0.3 is 10.5 Å². The summed E-state index contributed by atoms with van der Waals surface area (Å²) in [5.74, 6) is -0.402. The molecule has 1 unspecified atom stereocenters. The second-order valence-electron chi connectivity index (χ2n) is 4.77. The van der Waals surface area contributed by atoms with Crippen LogP contribution in [0.15, 0.2) is 0 Å². The van der Waals surface area contributed by atoms with Crippen molar-refractivity contribution in [2.45, 2.75) is 45.6 Å². The lowest BCUT2D eigenvalue weighted by Crippen LogP contribution is -2.47. The first-order valence-corrected chi connectivity index (χ1v) is 6.80. The maximum atomic E-state index is 11.9. The maximum absolute atomic E-state index is 11.9. The SMILES string of the molecule is CCCC(C(=O)OCC)N1CCC(C(N)=O)CC1. The third-order valence-corrected chi connectivity index (χ3v) is 3.49. The fraction of sp³-hybridized carbons (Fsp3) is 0.846. The zero-order chi connectivity index (χ0) is 13.5. The molecule has 104 valence electrons. The molecule has 0 aromatic heterocycles. The number of hydrogen-bond donors (Lipinski definition) is 1. The number of carbonyl (C=O) groups is 2. The Morgan fingerprint density at radius 1 is 1.33 bits per heavy atom. The molecule has 1 amide bonds. The van der Waals surface area contributed by atoms with Crippen LogP contribution in [0, 0.1) is 5.92 Å². The second kappa shape index (κ2) is 7.36. The maximum Gasteiger partial charge on any atom is 0.323 e. The molecule has 0 spiro atoms. The molecule has 0 aromatic rings. The van der Waals surface area contributed by atoms with Crippen molar-refractivity contribution in [2.75, 3.05) is 19.7 Å². The minimum Gasteiger partial charge on any atom is -0.465 e. The summed E-state index contributed by atoms with van der Waals surface area (Å²) >= 11 is 0. The van der Waals surface area contributed by atoms with Gasteiger partial charge in [-0.05, 0) is 39.3 Å². The lowest BCUT2D eigenvalue weighted by atomic mass is 9.94. The highest BCUT2D eigenvalue weighted by molar-refractivity contribution is 5.77. The van der Waals surface area contributed by atoms with Gasteiger partial charge in [-0.15, -0.1) is 0 Å². The number of primary amides is 1. The van der Waals surface area contributed by atoms with Gasteiger partial charge in [0.2, 0.25) is 5.91 Å². The van der Waals surface area contributed by atoms with Crippen LogP contribution in [0.5, 0.6) is 0 Å². The molecule has 5 heteroatoms. The van der Waals surface area contributed by atoms with Crippen molar-refractivity contribution >= 4 is 11.9 Å². The summed E-state index contributed by atoms with van der Waals surface area (Å²) in [5.41, 5.74) is 5.31. The van der Waals surface area contributed by atoms with E-state index in [2.05, 4.69) is 11.8 Å². The van der Waals surface area contributed by atoms with Crippen molar-refractivity contribution in [3.63, 3.8) is 0 Å². The highest BCUT2D eigenvalue weighted by Gasteiger charge is 2.31. The highest BCUT2D eigenvalue weighted by atomic mass is 16.5. The summed E-state index contributed by atoms with van der Waals surface area (Å²) < 4.78 is 5.11. The molecule has 0 radical (unpaired) electrons. The number of piperidine rings is 1. The van der Waals surface area contributed by atoms with Gasteiger partial charge >= 0.3 is 5.97 Å². The average Bonchev–Trinajstić information content (AvgIpc) is 2.36. The Morgan fingerprint density at radius 2 is 1.94 bits per heavy atom. The summed E-state index contributed by atoms with van der Waals surface area (Å²) in [5, 5.41) is 0. The van der Waals surface area contributed by atoms with Crippen molar-refractivity contribution in [2.24, 2.45) is 11.7 Å². The van der Waals surface area contributed by atoms with Gasteiger partial charge in [-0.25, -0.2) is 0 Å². The van der Waals surface area contributed by atoms with E-state index in [-0.39, 0.29) is 23.8 Å². The van der Waals surface area contributed by atoms with Crippen LogP contribution >= 0.6 is 0 Å². The zero-order valence-electron chi connectivity index (χ0n) is 11.4. The molecule has 2 N–H and O–H groups in total. The van der Waals surface area contributed by atoms with Crippen LogP contribution in [0.25, 0.3) is 0 Å². The summed E-state index contributed by atoms with van der Waals surface area (Å²) in [6.45, 7) is 5.79. The monoisotopic (exact) mass is 256 g/mol. The van der Waals surface area contributed by atoms with E-state index >= 15 is 0 Å². The van der Waals surface area contributed by atoms with E-state index in [4.69, 9.17) is 10.5 Å². The fourth-order valence-electron chi connectivity index (χ4n) is 2.46. The van der Waals surface area contributed by atoms with Crippen LogP contribution in [0.4, 0.5) is 0 Å². The standard InChI is InChI=1S/C13H24N2O3/c1-3-5-11(13(17)18-4-2)15-8-6-10(7-9-15)12(14)16/h10-11H,3-9H2,1-2H3,(H2,14,16). The minimum atomic E-state index is -0.224. The Kier molecular flexibility index (Phi) is 6.12. The number of esters is 1. The van der Waals surface area contributed by atoms with E-state index in [0.717, 1.165) is 38.8 Å². The molecule has 5 nitrogen and oxygen atoms in total. The van der Waals surface area contributed by atoms with Crippen molar-refractivity contribution in [1.29, 1.82) is 0 Å². The summed E-state index contributed by atoms with van der Waals surface area (Å²) in [6.07, 6.45) is 3.24. The van der Waals surface area contributed by atoms with Crippen molar-refractivity contribution in [1.82, 2.24) is 4.90 Å². The lowest BCUT2D eigenvalue weighted by Gasteiger charge is -2.35. The van der Waals surface area contributed by atoms with Crippen LogP contribution in [0.2, 0.25) is 0 Å². The van der Waals surface area contributed by atoms with E-state index < -0.39 is 0 Å². The molecule has 1 fully saturated rings. The first-order valence-electron chi connectivity index (χ1n) is 6.80. The molecular weight excluding hydrogens is 232 g/mol. The number of nitrogens with two attached hydrogens (primary N) is 1. The first-order chi connectivity index (χ1) is 8.60. The third kappa shape index (κ3) is 3.98. The van der Waals surface area contributed by atoms with Gasteiger partial charge in [-0.1, -0.05) is 13.3 Å². The van der Waals surface area contributed by atoms with Crippen LogP contribution in [-0.4, -0.2) is 42.5 Å². The molecule has 1 saturated heterocycles. The van der Waals surface area contributed by atoms with E-state index in [9.17, 15) is 9.59 Å². The van der Waals surface area contributed by atoms with Gasteiger partial charge in [0.05, 0.1) is 6.61 Å². The predicted molar refractivity (Wildman–Crippen MR) is 68.8 cm³/mol. The third-order valence-electron chi connectivity index (χ3n) is 3.49. The highest BCUT2D eigenvalue weighted by Crippen LogP contribution is 2.21. The number of rotatable bonds is 6. The Morgan fingerprint density at radius 3 is 2.39 bits per heavy atom. The van der Waals surface area contributed by atoms with Crippen LogP contribution in [-0.2, 0) is 14.3 Å². The average molecular weight is 256 g/mol. The van der Waals surface area contributed by atoms with Crippen LogP contribution < -0.4 is 5.73 Å². The molecule has 0 aromatic carbocycles. The smallest absolute Gasteiger partial charge is 0.323 e. The molecule has 18 heavy (non-hydrogen) atoms. The number of likely N-dealkylation sites (tertiary alicyclic amines) is 1. The molecular formula is C13H24N2O3. The Hall–Kier alpha value is -1.10. The number of nitrogens with zero attached hydrogens (tertiary/aromatic N) is 1. The molecule has 0 aliphatic carbocycles. The van der Waals surface area contributed by atoms with Crippen molar-refractivity contribution < 1.29 is 14.3 Å². The van der Waals surface area contributed by atoms with Gasteiger partial charge in [0, 0.05) is 5.92 Å². The van der Waals surface area contributed by atoms with Gasteiger partial charge in [0.15, 0.2) is 0 Å². The van der Waals surface area contributed by atoms with Crippen molar-refractivity contribution in [3.05, 3.63) is 0 Å². The minimum absolute atomic E-state index is 0.0364. The Labute approximate surface area is 109 Å². The quantitative estimate of drug-likeness (QED) is 0.717. The molecule has 0 bridgehead atoms. The van der Waals surface area contributed by atoms with Crippen LogP contribution in [0.1, 0.15) is 39.5 Å². The Balaban J connectivity index is 2.55. The number of hydrogen-bond acceptors (Lipinski definition) is 4. The van der Waals surface area contributed by atoms with Crippen LogP contribution in [0.3, 0.4) is 0 Å². The predicted octanol–water partition coefficient (Wildman–Crippen LogP) is 0.915. The van der Waals surface area contributed by atoms with Crippen molar-refractivity contribution in [3.8, 4) is 0 Å². The molecule has 1 aliphatic heterocycles. The molecule has 1 heterocycles. The summed E-state index contributed by atoms with van der Waals surface area (Å²) in [6, 6.07) is -0.163. The van der Waals surface area contributed by atoms with Gasteiger partial charge in [0.1, 0.15) is 6.04 Å².